The Morgan fingerprint density at radius 2 is 1.92 bits per heavy atom. The first-order chi connectivity index (χ1) is 12.5. The number of carbonyl (C=O) groups excluding carboxylic acids is 1. The van der Waals surface area contributed by atoms with Crippen molar-refractivity contribution in [3.05, 3.63) is 53.9 Å². The molecule has 0 spiro atoms. The number of amides is 1. The van der Waals surface area contributed by atoms with Gasteiger partial charge in [0.15, 0.2) is 0 Å². The summed E-state index contributed by atoms with van der Waals surface area (Å²) in [4.78, 5) is 14.4. The molecule has 1 aliphatic heterocycles. The molecule has 0 radical (unpaired) electrons. The third-order valence-electron chi connectivity index (χ3n) is 4.67. The number of nitrogens with one attached hydrogen (secondary N) is 1. The van der Waals surface area contributed by atoms with Crippen molar-refractivity contribution in [3.8, 4) is 0 Å². The van der Waals surface area contributed by atoms with Crippen LogP contribution in [0.2, 0.25) is 0 Å². The molecule has 3 rings (SSSR count). The van der Waals surface area contributed by atoms with E-state index < -0.39 is 10.0 Å². The normalized spacial score (nSPS) is 15.0. The van der Waals surface area contributed by atoms with E-state index in [1.807, 2.05) is 37.3 Å². The van der Waals surface area contributed by atoms with Crippen LogP contribution in [-0.4, -0.2) is 43.4 Å². The van der Waals surface area contributed by atoms with Crippen molar-refractivity contribution in [2.24, 2.45) is 0 Å². The maximum absolute atomic E-state index is 12.6. The summed E-state index contributed by atoms with van der Waals surface area (Å²) in [5, 5.41) is 0. The summed E-state index contributed by atoms with van der Waals surface area (Å²) in [5.41, 5.74) is 1.64. The second kappa shape index (κ2) is 8.05. The fraction of sp³-hybridized carbons (Fsp3) is 0.421. The molecule has 7 heteroatoms. The number of nitrogens with zero attached hydrogens (tertiary/aromatic N) is 2. The van der Waals surface area contributed by atoms with Crippen LogP contribution in [0, 0.1) is 0 Å². The highest BCUT2D eigenvalue weighted by molar-refractivity contribution is 7.89. The van der Waals surface area contributed by atoms with E-state index in [2.05, 4.69) is 4.72 Å². The van der Waals surface area contributed by atoms with E-state index in [1.165, 1.54) is 11.6 Å². The van der Waals surface area contributed by atoms with Gasteiger partial charge in [-0.25, -0.2) is 13.1 Å². The summed E-state index contributed by atoms with van der Waals surface area (Å²) < 4.78 is 29.5. The number of sulfonamides is 1. The molecule has 140 valence electrons. The Hall–Kier alpha value is -2.12. The molecule has 26 heavy (non-hydrogen) atoms. The minimum Gasteiger partial charge on any atom is -0.342 e. The minimum absolute atomic E-state index is 0.101. The first-order valence-corrected chi connectivity index (χ1v) is 10.5. The lowest BCUT2D eigenvalue weighted by molar-refractivity contribution is 0.0766. The van der Waals surface area contributed by atoms with Crippen molar-refractivity contribution in [1.29, 1.82) is 0 Å². The molecule has 1 aromatic heterocycles. The number of hydrogen-bond acceptors (Lipinski definition) is 3. The van der Waals surface area contributed by atoms with Crippen molar-refractivity contribution < 1.29 is 13.2 Å². The van der Waals surface area contributed by atoms with Gasteiger partial charge >= 0.3 is 0 Å². The van der Waals surface area contributed by atoms with Crippen LogP contribution in [0.4, 0.5) is 0 Å². The van der Waals surface area contributed by atoms with Crippen LogP contribution < -0.4 is 4.72 Å². The Labute approximate surface area is 154 Å². The van der Waals surface area contributed by atoms with E-state index in [4.69, 9.17) is 0 Å². The van der Waals surface area contributed by atoms with Gasteiger partial charge in [-0.2, -0.15) is 0 Å². The van der Waals surface area contributed by atoms with Crippen LogP contribution in [0.5, 0.6) is 0 Å². The van der Waals surface area contributed by atoms with E-state index in [-0.39, 0.29) is 10.8 Å². The van der Waals surface area contributed by atoms with Crippen molar-refractivity contribution in [2.75, 3.05) is 19.6 Å². The van der Waals surface area contributed by atoms with E-state index in [1.54, 1.807) is 15.7 Å². The summed E-state index contributed by atoms with van der Waals surface area (Å²) in [5.74, 6) is -0.101. The molecule has 0 fully saturated rings. The van der Waals surface area contributed by atoms with Gasteiger partial charge in [0.2, 0.25) is 10.0 Å². The molecule has 0 saturated heterocycles. The number of rotatable bonds is 7. The molecule has 1 aliphatic rings. The average molecular weight is 375 g/mol. The van der Waals surface area contributed by atoms with E-state index in [9.17, 15) is 13.2 Å². The minimum atomic E-state index is -3.61. The summed E-state index contributed by atoms with van der Waals surface area (Å²) in [7, 11) is -3.61. The quantitative estimate of drug-likeness (QED) is 0.755. The monoisotopic (exact) mass is 375 g/mol. The first-order valence-electron chi connectivity index (χ1n) is 9.04. The molecule has 2 aromatic rings. The molecule has 1 aromatic carbocycles. The van der Waals surface area contributed by atoms with Crippen molar-refractivity contribution in [1.82, 2.24) is 14.2 Å². The third-order valence-corrected chi connectivity index (χ3v) is 6.10. The average Bonchev–Trinajstić information content (AvgIpc) is 3.02. The van der Waals surface area contributed by atoms with Crippen molar-refractivity contribution in [3.63, 3.8) is 0 Å². The molecule has 0 atom stereocenters. The van der Waals surface area contributed by atoms with Gasteiger partial charge in [0.25, 0.3) is 5.91 Å². The topological polar surface area (TPSA) is 71.4 Å². The van der Waals surface area contributed by atoms with Gasteiger partial charge in [-0.3, -0.25) is 4.79 Å². The lowest BCUT2D eigenvalue weighted by Gasteiger charge is -2.17. The maximum Gasteiger partial charge on any atom is 0.270 e. The third kappa shape index (κ3) is 4.16. The SMILES string of the molecule is CCN1CCCn2cc(S(=O)(=O)NCCCc3ccccc3)cc2C1=O. The van der Waals surface area contributed by atoms with Gasteiger partial charge in [0, 0.05) is 32.4 Å². The van der Waals surface area contributed by atoms with Crippen LogP contribution in [0.15, 0.2) is 47.5 Å². The van der Waals surface area contributed by atoms with Crippen LogP contribution in [0.25, 0.3) is 0 Å². The van der Waals surface area contributed by atoms with E-state index in [0.29, 0.717) is 31.9 Å². The Morgan fingerprint density at radius 1 is 1.15 bits per heavy atom. The molecule has 2 heterocycles. The van der Waals surface area contributed by atoms with Gasteiger partial charge in [-0.15, -0.1) is 0 Å². The molecule has 1 N–H and O–H groups in total. The first kappa shape index (κ1) is 18.7. The smallest absolute Gasteiger partial charge is 0.270 e. The van der Waals surface area contributed by atoms with Crippen molar-refractivity contribution >= 4 is 15.9 Å². The summed E-state index contributed by atoms with van der Waals surface area (Å²) in [6, 6.07) is 11.5. The number of aromatic nitrogens is 1. The second-order valence-electron chi connectivity index (χ2n) is 6.48. The Bertz CT molecular complexity index is 859. The highest BCUT2D eigenvalue weighted by atomic mass is 32.2. The fourth-order valence-electron chi connectivity index (χ4n) is 3.22. The number of aryl methyl sites for hydroxylation is 2. The number of benzene rings is 1. The lowest BCUT2D eigenvalue weighted by Crippen LogP contribution is -2.30. The zero-order chi connectivity index (χ0) is 18.6. The summed E-state index contributed by atoms with van der Waals surface area (Å²) in [6.45, 7) is 4.29. The molecular weight excluding hydrogens is 350 g/mol. The maximum atomic E-state index is 12.6. The molecule has 0 aliphatic carbocycles. The van der Waals surface area contributed by atoms with Gasteiger partial charge in [-0.05, 0) is 37.8 Å². The van der Waals surface area contributed by atoms with Crippen LogP contribution in [0.3, 0.4) is 0 Å². The van der Waals surface area contributed by atoms with Crippen molar-refractivity contribution in [2.45, 2.75) is 37.6 Å². The number of carbonyl (C=O) groups is 1. The summed E-state index contributed by atoms with van der Waals surface area (Å²) >= 11 is 0. The standard InChI is InChI=1S/C19H25N3O3S/c1-2-21-12-7-13-22-15-17(14-18(22)19(21)23)26(24,25)20-11-6-10-16-8-4-3-5-9-16/h3-5,8-9,14-15,20H,2,6-7,10-13H2,1H3. The largest absolute Gasteiger partial charge is 0.342 e. The predicted octanol–water partition coefficient (Wildman–Crippen LogP) is 2.26. The second-order valence-corrected chi connectivity index (χ2v) is 8.25. The Kier molecular flexibility index (Phi) is 5.78. The van der Waals surface area contributed by atoms with Crippen LogP contribution >= 0.6 is 0 Å². The molecule has 6 nitrogen and oxygen atoms in total. The molecule has 0 saturated carbocycles. The lowest BCUT2D eigenvalue weighted by atomic mass is 10.1. The van der Waals surface area contributed by atoms with Gasteiger partial charge in [0.1, 0.15) is 10.6 Å². The van der Waals surface area contributed by atoms with Gasteiger partial charge in [-0.1, -0.05) is 30.3 Å². The van der Waals surface area contributed by atoms with Gasteiger partial charge < -0.3 is 9.47 Å². The zero-order valence-electron chi connectivity index (χ0n) is 15.0. The Morgan fingerprint density at radius 3 is 2.65 bits per heavy atom. The molecular formula is C19H25N3O3S. The van der Waals surface area contributed by atoms with E-state index >= 15 is 0 Å². The highest BCUT2D eigenvalue weighted by Gasteiger charge is 2.26. The zero-order valence-corrected chi connectivity index (χ0v) is 15.8. The van der Waals surface area contributed by atoms with Crippen LogP contribution in [-0.2, 0) is 23.0 Å². The molecule has 0 bridgehead atoms. The highest BCUT2D eigenvalue weighted by Crippen LogP contribution is 2.19. The summed E-state index contributed by atoms with van der Waals surface area (Å²) in [6.07, 6.45) is 3.94. The molecule has 0 unspecified atom stereocenters. The number of fused-ring (bicyclic) bond motifs is 1. The predicted molar refractivity (Wildman–Crippen MR) is 101 cm³/mol. The van der Waals surface area contributed by atoms with Crippen LogP contribution in [0.1, 0.15) is 35.8 Å². The number of hydrogen-bond donors (Lipinski definition) is 1. The Balaban J connectivity index is 1.65. The van der Waals surface area contributed by atoms with E-state index in [0.717, 1.165) is 19.3 Å². The molecule has 1 amide bonds. The van der Waals surface area contributed by atoms with Gasteiger partial charge in [0.05, 0.1) is 0 Å². The fourth-order valence-corrected chi connectivity index (χ4v) is 4.33.